The molecule has 13 heteroatoms. The minimum Gasteiger partial charge on any atom is -0.436 e. The molecule has 1 spiro atoms. The zero-order chi connectivity index (χ0) is 28.6. The van der Waals surface area contributed by atoms with E-state index in [2.05, 4.69) is 25.6 Å². The Bertz CT molecular complexity index is 1710. The van der Waals surface area contributed by atoms with E-state index < -0.39 is 23.4 Å². The number of amides is 2. The van der Waals surface area contributed by atoms with Crippen LogP contribution in [0.2, 0.25) is 5.02 Å². The molecule has 1 atom stereocenters. The highest BCUT2D eigenvalue weighted by molar-refractivity contribution is 6.31. The van der Waals surface area contributed by atoms with Crippen molar-refractivity contribution in [2.24, 2.45) is 0 Å². The molecule has 41 heavy (non-hydrogen) atoms. The van der Waals surface area contributed by atoms with Crippen LogP contribution in [0.5, 0.6) is 0 Å². The molecule has 2 aliphatic heterocycles. The van der Waals surface area contributed by atoms with Crippen LogP contribution in [0, 0.1) is 5.82 Å². The van der Waals surface area contributed by atoms with Crippen LogP contribution in [0.4, 0.5) is 20.7 Å². The van der Waals surface area contributed by atoms with Gasteiger partial charge in [-0.15, -0.1) is 0 Å². The lowest BCUT2D eigenvalue weighted by molar-refractivity contribution is 0.0263. The van der Waals surface area contributed by atoms with Crippen molar-refractivity contribution in [1.82, 2.24) is 24.8 Å². The van der Waals surface area contributed by atoms with E-state index in [-0.39, 0.29) is 34.9 Å². The molecule has 3 aromatic heterocycles. The van der Waals surface area contributed by atoms with Crippen molar-refractivity contribution in [2.75, 3.05) is 23.3 Å². The molecule has 4 aromatic rings. The maximum absolute atomic E-state index is 15.1. The van der Waals surface area contributed by atoms with Gasteiger partial charge in [-0.3, -0.25) is 24.9 Å². The first-order chi connectivity index (χ1) is 19.8. The van der Waals surface area contributed by atoms with Gasteiger partial charge in [0.05, 0.1) is 47.5 Å². The predicted molar refractivity (Wildman–Crippen MR) is 147 cm³/mol. The summed E-state index contributed by atoms with van der Waals surface area (Å²) >= 11 is 6.03. The topological polar surface area (TPSA) is 131 Å². The number of hydrogen-bond acceptors (Lipinski definition) is 8. The number of hydrogen-bond donors (Lipinski definition) is 2. The molecule has 1 saturated heterocycles. The van der Waals surface area contributed by atoms with Crippen LogP contribution in [0.25, 0.3) is 0 Å². The Labute approximate surface area is 238 Å². The Morgan fingerprint density at radius 2 is 2.02 bits per heavy atom. The van der Waals surface area contributed by atoms with Gasteiger partial charge < -0.3 is 19.5 Å². The molecular weight excluding hydrogens is 553 g/mol. The van der Waals surface area contributed by atoms with Gasteiger partial charge in [-0.05, 0) is 29.8 Å². The van der Waals surface area contributed by atoms with Crippen LogP contribution in [0.3, 0.4) is 0 Å². The number of fused-ring (bicyclic) bond motifs is 2. The summed E-state index contributed by atoms with van der Waals surface area (Å²) in [6.45, 7) is 1.03. The maximum atomic E-state index is 15.1. The third kappa shape index (κ3) is 5.21. The monoisotopic (exact) mass is 575 g/mol. The Hall–Kier alpha value is -4.84. The van der Waals surface area contributed by atoms with Crippen LogP contribution < -0.4 is 21.1 Å². The number of rotatable bonds is 6. The van der Waals surface area contributed by atoms with Crippen molar-refractivity contribution < 1.29 is 18.7 Å². The largest absolute Gasteiger partial charge is 0.436 e. The first-order valence-corrected chi connectivity index (χ1v) is 13.1. The van der Waals surface area contributed by atoms with Crippen molar-refractivity contribution in [2.45, 2.75) is 25.1 Å². The van der Waals surface area contributed by atoms with E-state index in [0.717, 1.165) is 5.56 Å². The molecule has 208 valence electrons. The van der Waals surface area contributed by atoms with Gasteiger partial charge in [-0.1, -0.05) is 23.7 Å². The number of aromatic nitrogens is 4. The molecule has 5 heterocycles. The summed E-state index contributed by atoms with van der Waals surface area (Å²) in [5, 5.41) is 5.25. The summed E-state index contributed by atoms with van der Waals surface area (Å²) in [4.78, 5) is 51.9. The van der Waals surface area contributed by atoms with Gasteiger partial charge in [-0.25, -0.2) is 14.2 Å². The molecule has 2 amide bonds. The fourth-order valence-corrected chi connectivity index (χ4v) is 5.20. The Kier molecular flexibility index (Phi) is 6.83. The summed E-state index contributed by atoms with van der Waals surface area (Å²) in [6.07, 6.45) is 5.79. The minimum absolute atomic E-state index is 0.0729. The quantitative estimate of drug-likeness (QED) is 0.357. The molecule has 6 rings (SSSR count). The molecule has 0 radical (unpaired) electrons. The van der Waals surface area contributed by atoms with E-state index >= 15 is 4.39 Å². The summed E-state index contributed by atoms with van der Waals surface area (Å²) in [5.41, 5.74) is 0.675. The molecule has 0 saturated carbocycles. The van der Waals surface area contributed by atoms with Gasteiger partial charge in [0.1, 0.15) is 11.5 Å². The number of halogens is 2. The van der Waals surface area contributed by atoms with Crippen molar-refractivity contribution in [3.05, 3.63) is 111 Å². The number of nitrogens with zero attached hydrogens (tertiary/aromatic N) is 5. The van der Waals surface area contributed by atoms with Crippen molar-refractivity contribution in [3.63, 3.8) is 0 Å². The molecule has 11 nitrogen and oxygen atoms in total. The van der Waals surface area contributed by atoms with Gasteiger partial charge >= 0.3 is 6.09 Å². The van der Waals surface area contributed by atoms with Crippen LogP contribution in [0.1, 0.15) is 33.7 Å². The van der Waals surface area contributed by atoms with Crippen molar-refractivity contribution in [1.29, 1.82) is 0 Å². The number of ether oxygens (including phenoxy) is 1. The average Bonchev–Trinajstić information content (AvgIpc) is 3.39. The second kappa shape index (κ2) is 10.6. The fourth-order valence-electron chi connectivity index (χ4n) is 5.04. The highest BCUT2D eigenvalue weighted by Gasteiger charge is 2.50. The van der Waals surface area contributed by atoms with Gasteiger partial charge in [0.2, 0.25) is 0 Å². The molecule has 1 fully saturated rings. The lowest BCUT2D eigenvalue weighted by Crippen LogP contribution is -2.42. The van der Waals surface area contributed by atoms with Gasteiger partial charge in [0.25, 0.3) is 11.5 Å². The zero-order valence-corrected chi connectivity index (χ0v) is 22.3. The maximum Gasteiger partial charge on any atom is 0.412 e. The number of nitrogens with one attached hydrogen (secondary N) is 2. The van der Waals surface area contributed by atoms with E-state index in [1.54, 1.807) is 46.1 Å². The first-order valence-electron chi connectivity index (χ1n) is 12.7. The highest BCUT2D eigenvalue weighted by Crippen LogP contribution is 2.46. The third-order valence-electron chi connectivity index (χ3n) is 7.06. The molecule has 0 unspecified atom stereocenters. The number of anilines is 2. The lowest BCUT2D eigenvalue weighted by atomic mass is 9.89. The van der Waals surface area contributed by atoms with E-state index in [1.165, 1.54) is 24.5 Å². The van der Waals surface area contributed by atoms with Gasteiger partial charge in [-0.2, -0.15) is 0 Å². The summed E-state index contributed by atoms with van der Waals surface area (Å²) in [6, 6.07) is 11.5. The number of carbonyl (C=O) groups is 2. The zero-order valence-electron chi connectivity index (χ0n) is 21.5. The Morgan fingerprint density at radius 3 is 2.83 bits per heavy atom. The van der Waals surface area contributed by atoms with Crippen molar-refractivity contribution >= 4 is 35.1 Å². The Morgan fingerprint density at radius 1 is 1.15 bits per heavy atom. The normalized spacial score (nSPS) is 17.6. The molecule has 0 aliphatic carbocycles. The molecule has 2 aliphatic rings. The van der Waals surface area contributed by atoms with Crippen LogP contribution >= 0.6 is 11.6 Å². The number of carbonyl (C=O) groups excluding carboxylic acids is 2. The molecular formula is C28H23ClFN7O4. The van der Waals surface area contributed by atoms with E-state index in [9.17, 15) is 14.4 Å². The van der Waals surface area contributed by atoms with E-state index in [0.29, 0.717) is 36.7 Å². The minimum atomic E-state index is -1.26. The van der Waals surface area contributed by atoms with Gasteiger partial charge in [0, 0.05) is 38.0 Å². The standard InChI is InChI=1S/C28H23ClFN7O4/c29-19-6-7-20-24(25(19)30)28(41-27(40)35-20)8-10-37(16-28)22-14-31-13-21(34-22)26(39)33-12-17-4-5-18(32-11-17)15-36-9-2-1-3-23(36)38/h1-7,9,11,13-14H,8,10,12,15-16H2,(H,33,39)(H,35,40)/t28-/m1/s1. The van der Waals surface area contributed by atoms with Crippen LogP contribution in [-0.4, -0.2) is 44.6 Å². The second-order valence-corrected chi connectivity index (χ2v) is 10.1. The molecule has 1 aromatic carbocycles. The molecule has 2 N–H and O–H groups in total. The second-order valence-electron chi connectivity index (χ2n) is 9.73. The first kappa shape index (κ1) is 26.4. The predicted octanol–water partition coefficient (Wildman–Crippen LogP) is 3.47. The summed E-state index contributed by atoms with van der Waals surface area (Å²) in [5.74, 6) is -0.707. The molecule has 0 bridgehead atoms. The van der Waals surface area contributed by atoms with E-state index in [1.807, 2.05) is 6.07 Å². The third-order valence-corrected chi connectivity index (χ3v) is 7.35. The number of pyridine rings is 2. The fraction of sp³-hybridized carbons (Fsp3) is 0.214. The van der Waals surface area contributed by atoms with Gasteiger partial charge in [0.15, 0.2) is 11.4 Å². The smallest absolute Gasteiger partial charge is 0.412 e. The summed E-state index contributed by atoms with van der Waals surface area (Å²) in [7, 11) is 0. The Balaban J connectivity index is 1.12. The SMILES string of the molecule is O=C1Nc2ccc(Cl)c(F)c2[C@]2(CCN(c3cncc(C(=O)NCc4ccc(Cn5ccccc5=O)nc4)n3)C2)O1. The lowest BCUT2D eigenvalue weighted by Gasteiger charge is -2.35. The summed E-state index contributed by atoms with van der Waals surface area (Å²) < 4.78 is 22.3. The highest BCUT2D eigenvalue weighted by atomic mass is 35.5. The number of benzene rings is 1. The van der Waals surface area contributed by atoms with E-state index in [4.69, 9.17) is 16.3 Å². The van der Waals surface area contributed by atoms with Crippen molar-refractivity contribution in [3.8, 4) is 0 Å². The average molecular weight is 576 g/mol. The van der Waals surface area contributed by atoms with Crippen LogP contribution in [0.15, 0.2) is 72.0 Å². The van der Waals surface area contributed by atoms with Crippen LogP contribution in [-0.2, 0) is 23.4 Å².